The van der Waals surface area contributed by atoms with Gasteiger partial charge in [-0.25, -0.2) is 0 Å². The van der Waals surface area contributed by atoms with Gasteiger partial charge in [0.05, 0.1) is 12.4 Å². The minimum atomic E-state index is 0.0366. The lowest BCUT2D eigenvalue weighted by molar-refractivity contribution is -0.119. The Bertz CT molecular complexity index is 713. The van der Waals surface area contributed by atoms with E-state index in [1.807, 2.05) is 31.2 Å². The van der Waals surface area contributed by atoms with Crippen LogP contribution < -0.4 is 10.1 Å². The summed E-state index contributed by atoms with van der Waals surface area (Å²) in [6, 6.07) is 7.91. The zero-order valence-corrected chi connectivity index (χ0v) is 15.9. The number of nitrogens with zero attached hydrogens (tertiary/aromatic N) is 4. The van der Waals surface area contributed by atoms with E-state index in [0.717, 1.165) is 18.5 Å². The molecule has 26 heavy (non-hydrogen) atoms. The predicted molar refractivity (Wildman–Crippen MR) is 101 cm³/mol. The summed E-state index contributed by atoms with van der Waals surface area (Å²) < 4.78 is 7.27. The van der Waals surface area contributed by atoms with Crippen LogP contribution in [0.5, 0.6) is 5.75 Å². The molecule has 0 spiro atoms. The van der Waals surface area contributed by atoms with Crippen molar-refractivity contribution in [1.82, 2.24) is 25.5 Å². The van der Waals surface area contributed by atoms with E-state index >= 15 is 0 Å². The number of amides is 1. The number of aromatic nitrogens is 4. The lowest BCUT2D eigenvalue weighted by Gasteiger charge is -2.16. The molecule has 1 amide bonds. The summed E-state index contributed by atoms with van der Waals surface area (Å²) in [4.78, 5) is 12.3. The number of nitrogens with one attached hydrogen (secondary N) is 1. The molecular weight excluding hydrogens is 350 g/mol. The number of hydrogen-bond donors (Lipinski definition) is 1. The van der Waals surface area contributed by atoms with E-state index in [0.29, 0.717) is 29.3 Å². The maximum atomic E-state index is 12.3. The van der Waals surface area contributed by atoms with Gasteiger partial charge in [-0.3, -0.25) is 4.79 Å². The molecule has 1 aliphatic rings. The van der Waals surface area contributed by atoms with Crippen LogP contribution >= 0.6 is 11.8 Å². The lowest BCUT2D eigenvalue weighted by Crippen LogP contribution is -2.35. The molecule has 0 bridgehead atoms. The topological polar surface area (TPSA) is 81.9 Å². The number of para-hydroxylation sites is 2. The number of benzene rings is 1. The Balaban J connectivity index is 1.61. The molecule has 8 heteroatoms. The van der Waals surface area contributed by atoms with Crippen molar-refractivity contribution in [2.45, 2.75) is 56.6 Å². The Morgan fingerprint density at radius 1 is 1.27 bits per heavy atom. The number of tetrazole rings is 1. The Hall–Kier alpha value is -2.09. The van der Waals surface area contributed by atoms with E-state index in [9.17, 15) is 4.79 Å². The fraction of sp³-hybridized carbons (Fsp3) is 0.556. The average Bonchev–Trinajstić information content (AvgIpc) is 2.97. The van der Waals surface area contributed by atoms with Gasteiger partial charge < -0.3 is 10.1 Å². The highest BCUT2D eigenvalue weighted by Gasteiger charge is 2.17. The second kappa shape index (κ2) is 9.56. The van der Waals surface area contributed by atoms with Crippen LogP contribution in [-0.2, 0) is 4.79 Å². The number of carbonyl (C=O) groups is 1. The van der Waals surface area contributed by atoms with Gasteiger partial charge in [0.2, 0.25) is 11.1 Å². The number of carbonyl (C=O) groups excluding carboxylic acids is 1. The van der Waals surface area contributed by atoms with Crippen molar-refractivity contribution >= 4 is 17.7 Å². The highest BCUT2D eigenvalue weighted by Crippen LogP contribution is 2.26. The molecule has 0 unspecified atom stereocenters. The minimum Gasteiger partial charge on any atom is -0.492 e. The number of thioether (sulfide) groups is 1. The summed E-state index contributed by atoms with van der Waals surface area (Å²) in [5, 5.41) is 15.6. The molecule has 3 rings (SSSR count). The molecule has 2 aromatic rings. The van der Waals surface area contributed by atoms with Gasteiger partial charge in [-0.1, -0.05) is 49.6 Å². The van der Waals surface area contributed by atoms with Crippen LogP contribution in [0.2, 0.25) is 0 Å². The molecular formula is C18H25N5O2S. The first-order valence-corrected chi connectivity index (χ1v) is 10.2. The predicted octanol–water partition coefficient (Wildman–Crippen LogP) is 2.99. The largest absolute Gasteiger partial charge is 0.492 e. The van der Waals surface area contributed by atoms with Gasteiger partial charge in [0.25, 0.3) is 0 Å². The van der Waals surface area contributed by atoms with Crippen molar-refractivity contribution in [3.8, 4) is 11.4 Å². The van der Waals surface area contributed by atoms with Crippen molar-refractivity contribution < 1.29 is 9.53 Å². The molecule has 0 aliphatic heterocycles. The fourth-order valence-electron chi connectivity index (χ4n) is 3.15. The SMILES string of the molecule is CCOc1ccccc1-n1nnnc1SCC(=O)NC1CCCCCC1. The molecule has 1 N–H and O–H groups in total. The quantitative estimate of drug-likeness (QED) is 0.592. The molecule has 1 aliphatic carbocycles. The Morgan fingerprint density at radius 2 is 2.04 bits per heavy atom. The van der Waals surface area contributed by atoms with Crippen molar-refractivity contribution in [1.29, 1.82) is 0 Å². The zero-order chi connectivity index (χ0) is 18.2. The average molecular weight is 375 g/mol. The lowest BCUT2D eigenvalue weighted by atomic mass is 10.1. The number of ether oxygens (including phenoxy) is 1. The highest BCUT2D eigenvalue weighted by molar-refractivity contribution is 7.99. The first-order valence-electron chi connectivity index (χ1n) is 9.20. The molecule has 1 fully saturated rings. The third-order valence-electron chi connectivity index (χ3n) is 4.39. The van der Waals surface area contributed by atoms with Gasteiger partial charge in [-0.15, -0.1) is 5.10 Å². The molecule has 0 radical (unpaired) electrons. The number of hydrogen-bond acceptors (Lipinski definition) is 6. The smallest absolute Gasteiger partial charge is 0.230 e. The third-order valence-corrected chi connectivity index (χ3v) is 5.31. The van der Waals surface area contributed by atoms with Gasteiger partial charge >= 0.3 is 0 Å². The summed E-state index contributed by atoms with van der Waals surface area (Å²) in [5.41, 5.74) is 0.769. The van der Waals surface area contributed by atoms with E-state index in [-0.39, 0.29) is 5.91 Å². The molecule has 0 atom stereocenters. The van der Waals surface area contributed by atoms with Gasteiger partial charge in [0.1, 0.15) is 11.4 Å². The van der Waals surface area contributed by atoms with E-state index < -0.39 is 0 Å². The summed E-state index contributed by atoms with van der Waals surface area (Å²) in [7, 11) is 0. The monoisotopic (exact) mass is 375 g/mol. The standard InChI is InChI=1S/C18H25N5O2S/c1-2-25-16-12-8-7-11-15(16)23-18(20-21-22-23)26-13-17(24)19-14-9-5-3-4-6-10-14/h7-8,11-12,14H,2-6,9-10,13H2,1H3,(H,19,24). The first-order chi connectivity index (χ1) is 12.8. The van der Waals surface area contributed by atoms with E-state index in [2.05, 4.69) is 20.8 Å². The summed E-state index contributed by atoms with van der Waals surface area (Å²) >= 11 is 1.34. The molecule has 140 valence electrons. The first kappa shape index (κ1) is 18.7. The Kier molecular flexibility index (Phi) is 6.88. The van der Waals surface area contributed by atoms with Crippen molar-refractivity contribution in [2.75, 3.05) is 12.4 Å². The molecule has 7 nitrogen and oxygen atoms in total. The van der Waals surface area contributed by atoms with Crippen molar-refractivity contribution in [3.63, 3.8) is 0 Å². The molecule has 1 aromatic carbocycles. The number of rotatable bonds is 7. The molecule has 1 saturated carbocycles. The Labute approximate surface area is 157 Å². The molecule has 0 saturated heterocycles. The highest BCUT2D eigenvalue weighted by atomic mass is 32.2. The van der Waals surface area contributed by atoms with Crippen molar-refractivity contribution in [2.24, 2.45) is 0 Å². The molecule has 1 aromatic heterocycles. The maximum Gasteiger partial charge on any atom is 0.230 e. The minimum absolute atomic E-state index is 0.0366. The summed E-state index contributed by atoms with van der Waals surface area (Å²) in [5.74, 6) is 1.05. The normalized spacial score (nSPS) is 15.4. The van der Waals surface area contributed by atoms with E-state index in [1.54, 1.807) is 4.68 Å². The van der Waals surface area contributed by atoms with Crippen LogP contribution in [0.15, 0.2) is 29.4 Å². The van der Waals surface area contributed by atoms with Gasteiger partial charge in [-0.2, -0.15) is 4.68 Å². The van der Waals surface area contributed by atoms with Gasteiger partial charge in [0, 0.05) is 6.04 Å². The second-order valence-electron chi connectivity index (χ2n) is 6.32. The van der Waals surface area contributed by atoms with Crippen LogP contribution in [0.4, 0.5) is 0 Å². The van der Waals surface area contributed by atoms with Crippen LogP contribution in [0, 0.1) is 0 Å². The summed E-state index contributed by atoms with van der Waals surface area (Å²) in [6.45, 7) is 2.50. The fourth-order valence-corrected chi connectivity index (χ4v) is 3.85. The van der Waals surface area contributed by atoms with Crippen LogP contribution in [-0.4, -0.2) is 44.5 Å². The third kappa shape index (κ3) is 4.97. The van der Waals surface area contributed by atoms with Gasteiger partial charge in [-0.05, 0) is 42.3 Å². The van der Waals surface area contributed by atoms with Crippen LogP contribution in [0.1, 0.15) is 45.4 Å². The van der Waals surface area contributed by atoms with Gasteiger partial charge in [0.15, 0.2) is 0 Å². The maximum absolute atomic E-state index is 12.3. The zero-order valence-electron chi connectivity index (χ0n) is 15.1. The molecule has 1 heterocycles. The van der Waals surface area contributed by atoms with E-state index in [4.69, 9.17) is 4.74 Å². The summed E-state index contributed by atoms with van der Waals surface area (Å²) in [6.07, 6.45) is 7.10. The van der Waals surface area contributed by atoms with Crippen LogP contribution in [0.25, 0.3) is 5.69 Å². The van der Waals surface area contributed by atoms with Crippen molar-refractivity contribution in [3.05, 3.63) is 24.3 Å². The Morgan fingerprint density at radius 3 is 2.81 bits per heavy atom. The second-order valence-corrected chi connectivity index (χ2v) is 7.26. The van der Waals surface area contributed by atoms with E-state index in [1.165, 1.54) is 37.4 Å². The van der Waals surface area contributed by atoms with Crippen LogP contribution in [0.3, 0.4) is 0 Å².